The average molecular weight is 1760 g/mol. The van der Waals surface area contributed by atoms with E-state index < -0.39 is 5.79 Å². The van der Waals surface area contributed by atoms with Crippen LogP contribution in [0.2, 0.25) is 0 Å². The second-order valence-corrected chi connectivity index (χ2v) is 36.0. The zero-order valence-corrected chi connectivity index (χ0v) is 76.0. The van der Waals surface area contributed by atoms with E-state index in [4.69, 9.17) is 29.4 Å². The van der Waals surface area contributed by atoms with Gasteiger partial charge in [-0.3, -0.25) is 61.5 Å². The fourth-order valence-corrected chi connectivity index (χ4v) is 19.2. The molecule has 0 saturated carbocycles. The molecule has 5 aliphatic heterocycles. The molecule has 5 aliphatic rings. The van der Waals surface area contributed by atoms with Gasteiger partial charge < -0.3 is 39.6 Å². The predicted molar refractivity (Wildman–Crippen MR) is 502 cm³/mol. The van der Waals surface area contributed by atoms with Gasteiger partial charge in [-0.1, -0.05) is 39.0 Å². The smallest absolute Gasteiger partial charge is 0.258 e. The van der Waals surface area contributed by atoms with Gasteiger partial charge in [-0.2, -0.15) is 15.3 Å². The van der Waals surface area contributed by atoms with Crippen LogP contribution in [-0.4, -0.2) is 219 Å². The fraction of sp³-hybridized carbons (Fsp3) is 0.418. The molecule has 0 aromatic carbocycles. The predicted octanol–water partition coefficient (Wildman–Crippen LogP) is 11.0. The molecule has 0 unspecified atom stereocenters. The van der Waals surface area contributed by atoms with E-state index in [0.29, 0.717) is 112 Å². The standard InChI is InChI=1S/C28H34N6O3.C25H30N6O3.C23H25N5O.C22H25N7O/c1-5-22-25-12-24(31-34(25)14-18(2)29-22)23-13-27(35)33-15-20(6-7-26(33)30-23)19-8-10-32(11-9-19)21-16-36-28(3,4)37-17-21;1-3-20-23-10-22(28-31(23)12-16(2)26-20)21-11-25(34)30-13-18(4-5-24(30)27-21)17-6-8-29(9-7-17)19(14-32)15-33;1-3-16-10-19(13-27-12-15(2)25-23(16)27)20-11-22(29)28-14-18(4-5-21(28)26-20)17-6-8-24-9-7-17;1-13-9-27(10-14(2)23-13)17-5-6-21-25-18(8-22(30)28(21)12-17)19-7-20-16(4)24-15(3)11-29(20)26-19/h6-7,12-15,19,21H,5,8-11,16-17H2,1-4H3;4-5,10-13,17,19,32-33H,3,6-9,14-15H2,1-2H3;4-5,10-14,17,24H,3,6-9H2,1-2H3;5-8,11-14,23H,9-10H2,1-4H3/t;;;13-,14+. The number of likely N-dealkylation sites (tertiary alicyclic amines) is 2. The van der Waals surface area contributed by atoms with Gasteiger partial charge in [0.05, 0.1) is 142 Å². The van der Waals surface area contributed by atoms with Crippen molar-refractivity contribution in [3.63, 3.8) is 0 Å². The third kappa shape index (κ3) is 18.6. The quantitative estimate of drug-likeness (QED) is 0.0741. The summed E-state index contributed by atoms with van der Waals surface area (Å²) in [6.45, 7) is 33.2. The summed E-state index contributed by atoms with van der Waals surface area (Å²) in [5.74, 6) is 0.759. The summed E-state index contributed by atoms with van der Waals surface area (Å²) in [5.41, 5.74) is 23.4. The van der Waals surface area contributed by atoms with Crippen molar-refractivity contribution in [3.05, 3.63) is 256 Å². The number of pyridine rings is 5. The SMILES string of the molecule is CCc1cc(-c2cc(=O)n3cc(C4CCNCC4)ccc3n2)cn2cc(C)nc12.CCc1nc(C)cn2nc(-c3cc(=O)n4cc(C5CCN(C(CO)CO)CC5)ccc4n3)cc12.CCc1nc(C)cn2nc(-c3cc(=O)n4cc(C5CCN(C6COC(C)(C)OC6)CC5)ccc4n3)cc12.Cc1cn2nc(-c3cc(=O)n4cc(N5C[C@@H](C)N[C@@H](C)C5)ccc4n3)cc2c(C)n1. The van der Waals surface area contributed by atoms with Gasteiger partial charge >= 0.3 is 0 Å². The summed E-state index contributed by atoms with van der Waals surface area (Å²) < 4.78 is 25.8. The number of ether oxygens (including phenoxy) is 2. The molecule has 32 nitrogen and oxygen atoms in total. The van der Waals surface area contributed by atoms with E-state index in [2.05, 4.69) is 113 Å². The van der Waals surface area contributed by atoms with Gasteiger partial charge in [0, 0.05) is 92.2 Å². The van der Waals surface area contributed by atoms with Crippen molar-refractivity contribution in [1.82, 2.24) is 111 Å². The number of aliphatic hydroxyl groups excluding tert-OH is 2. The number of nitrogens with zero attached hydrogens (tertiary/aromatic N) is 22. The Hall–Kier alpha value is -12.5. The topological polar surface area (TPSA) is 338 Å². The molecule has 0 aliphatic carbocycles. The van der Waals surface area contributed by atoms with Crippen molar-refractivity contribution >= 4 is 50.5 Å². The van der Waals surface area contributed by atoms with Crippen molar-refractivity contribution in [2.45, 2.75) is 189 Å². The van der Waals surface area contributed by atoms with Gasteiger partial charge in [0.2, 0.25) is 0 Å². The number of fused-ring (bicyclic) bond motifs is 8. The Morgan fingerprint density at radius 2 is 0.869 bits per heavy atom. The zero-order valence-electron chi connectivity index (χ0n) is 76.0. The minimum absolute atomic E-state index is 0.0390. The highest BCUT2D eigenvalue weighted by molar-refractivity contribution is 5.71. The second kappa shape index (κ2) is 37.1. The molecular weight excluding hydrogens is 1640 g/mol. The molecule has 0 spiro atoms. The Balaban J connectivity index is 0.000000117. The van der Waals surface area contributed by atoms with Gasteiger partial charge in [0.15, 0.2) is 5.79 Å². The molecule has 5 fully saturated rings. The maximum absolute atomic E-state index is 13.2. The summed E-state index contributed by atoms with van der Waals surface area (Å²) >= 11 is 0. The summed E-state index contributed by atoms with van der Waals surface area (Å²) in [5, 5.41) is 39.8. The van der Waals surface area contributed by atoms with Crippen LogP contribution in [0.5, 0.6) is 0 Å². The van der Waals surface area contributed by atoms with Gasteiger partial charge in [0.25, 0.3) is 22.2 Å². The van der Waals surface area contributed by atoms with Crippen LogP contribution in [0.3, 0.4) is 0 Å². The van der Waals surface area contributed by atoms with Crippen LogP contribution in [0.15, 0.2) is 172 Å². The maximum atomic E-state index is 13.2. The fourth-order valence-electron chi connectivity index (χ4n) is 19.2. The molecule has 2 atom stereocenters. The largest absolute Gasteiger partial charge is 0.395 e. The highest BCUT2D eigenvalue weighted by atomic mass is 16.7. The number of anilines is 1. The molecule has 0 radical (unpaired) electrons. The maximum Gasteiger partial charge on any atom is 0.258 e. The van der Waals surface area contributed by atoms with Gasteiger partial charge in [-0.15, -0.1) is 0 Å². The Morgan fingerprint density at radius 3 is 1.35 bits per heavy atom. The normalized spacial score (nSPS) is 17.7. The van der Waals surface area contributed by atoms with E-state index in [1.807, 2.05) is 172 Å². The lowest BCUT2D eigenvalue weighted by atomic mass is 9.90. The third-order valence-corrected chi connectivity index (χ3v) is 26.1. The first kappa shape index (κ1) is 88.1. The van der Waals surface area contributed by atoms with E-state index in [1.165, 1.54) is 11.1 Å². The van der Waals surface area contributed by atoms with Crippen molar-refractivity contribution in [2.75, 3.05) is 83.7 Å². The molecule has 32 heteroatoms. The van der Waals surface area contributed by atoms with Gasteiger partial charge in [-0.25, -0.2) is 38.5 Å². The number of rotatable bonds is 15. The molecule has 5 saturated heterocycles. The Labute approximate surface area is 751 Å². The lowest BCUT2D eigenvalue weighted by Gasteiger charge is -2.42. The van der Waals surface area contributed by atoms with E-state index >= 15 is 0 Å². The number of aryl methyl sites for hydroxylation is 8. The first-order valence-electron chi connectivity index (χ1n) is 45.7. The van der Waals surface area contributed by atoms with E-state index in [1.54, 1.807) is 46.4 Å². The van der Waals surface area contributed by atoms with E-state index in [9.17, 15) is 29.4 Å². The molecule has 21 heterocycles. The molecule has 0 amide bonds. The van der Waals surface area contributed by atoms with Crippen LogP contribution in [0, 0.1) is 34.6 Å². The second-order valence-electron chi connectivity index (χ2n) is 36.0. The van der Waals surface area contributed by atoms with Crippen LogP contribution >= 0.6 is 0 Å². The summed E-state index contributed by atoms with van der Waals surface area (Å²) in [7, 11) is 0. The number of imidazole rings is 1. The van der Waals surface area contributed by atoms with Crippen LogP contribution in [0.1, 0.15) is 167 Å². The minimum Gasteiger partial charge on any atom is -0.395 e. The van der Waals surface area contributed by atoms with E-state index in [0.717, 1.165) is 195 Å². The number of hydrogen-bond donors (Lipinski definition) is 4. The molecule has 0 bridgehead atoms. The lowest BCUT2D eigenvalue weighted by molar-refractivity contribution is -0.264. The Morgan fingerprint density at radius 1 is 0.446 bits per heavy atom. The third-order valence-electron chi connectivity index (χ3n) is 26.1. The van der Waals surface area contributed by atoms with Crippen LogP contribution in [0.25, 0.3) is 90.2 Å². The zero-order chi connectivity index (χ0) is 90.5. The first-order valence-corrected chi connectivity index (χ1v) is 45.7. The lowest BCUT2D eigenvalue weighted by Crippen LogP contribution is -2.54. The number of piperazine rings is 1. The van der Waals surface area contributed by atoms with Crippen LogP contribution in [-0.2, 0) is 28.7 Å². The minimum atomic E-state index is -0.485. The first-order chi connectivity index (χ1) is 62.8. The molecule has 4 N–H and O–H groups in total. The van der Waals surface area contributed by atoms with Crippen LogP contribution < -0.4 is 37.8 Å². The number of aliphatic hydroxyl groups is 2. The highest BCUT2D eigenvalue weighted by Gasteiger charge is 2.35. The Kier molecular flexibility index (Phi) is 25.2. The number of hydrogen-bond acceptors (Lipinski definition) is 24. The molecule has 16 aromatic rings. The Bertz CT molecular complexity index is 7160. The number of nitrogens with one attached hydrogen (secondary N) is 2. The van der Waals surface area contributed by atoms with Crippen molar-refractivity contribution in [1.29, 1.82) is 0 Å². The van der Waals surface area contributed by atoms with Crippen molar-refractivity contribution < 1.29 is 19.7 Å². The molecule has 21 rings (SSSR count). The van der Waals surface area contributed by atoms with Gasteiger partial charge in [0.1, 0.15) is 45.3 Å². The van der Waals surface area contributed by atoms with Crippen molar-refractivity contribution in [3.8, 4) is 45.4 Å². The van der Waals surface area contributed by atoms with Crippen molar-refractivity contribution in [2.24, 2.45) is 0 Å². The van der Waals surface area contributed by atoms with Gasteiger partial charge in [-0.05, 0) is 254 Å². The monoisotopic (exact) mass is 1750 g/mol. The number of piperidine rings is 3. The summed E-state index contributed by atoms with van der Waals surface area (Å²) in [4.78, 5) is 96.3. The molecule has 130 heavy (non-hydrogen) atoms. The van der Waals surface area contributed by atoms with Crippen LogP contribution in [0.4, 0.5) is 5.69 Å². The molecular formula is C98H114N24O8. The highest BCUT2D eigenvalue weighted by Crippen LogP contribution is 2.35. The molecule has 674 valence electrons. The van der Waals surface area contributed by atoms with E-state index in [-0.39, 0.29) is 41.5 Å². The molecule has 16 aromatic heterocycles. The summed E-state index contributed by atoms with van der Waals surface area (Å²) in [6, 6.07) is 31.2. The number of aromatic nitrogens is 19. The average Bonchev–Trinajstić information content (AvgIpc) is 1.41. The summed E-state index contributed by atoms with van der Waals surface area (Å²) in [6.07, 6.45) is 26.0.